The molecule has 0 aromatic heterocycles. The van der Waals surface area contributed by atoms with Gasteiger partial charge in [-0.15, -0.1) is 0 Å². The summed E-state index contributed by atoms with van der Waals surface area (Å²) >= 11 is 0. The van der Waals surface area contributed by atoms with E-state index in [4.69, 9.17) is 14.2 Å². The highest BCUT2D eigenvalue weighted by Gasteiger charge is 2.28. The lowest BCUT2D eigenvalue weighted by molar-refractivity contribution is -0.123. The number of methoxy groups -OCH3 is 2. The molecule has 3 aromatic rings. The Labute approximate surface area is 233 Å². The molecule has 40 heavy (non-hydrogen) atoms. The zero-order chi connectivity index (χ0) is 29.1. The van der Waals surface area contributed by atoms with Gasteiger partial charge in [0.15, 0.2) is 18.1 Å². The Hall–Kier alpha value is -4.58. The number of carbonyl (C=O) groups excluding carboxylic acids is 2. The highest BCUT2D eigenvalue weighted by molar-refractivity contribution is 7.92. The largest absolute Gasteiger partial charge is 0.493 e. The molecule has 0 aliphatic heterocycles. The van der Waals surface area contributed by atoms with E-state index in [2.05, 4.69) is 15.8 Å². The standard InChI is InChI=1S/C28H32N4O7S/c1-20(2)30-28(34)19-39-23-12-10-21(11-13-23)17-29-31-27(33)18-32(22-8-6-5-7-9-22)40(35,36)24-14-15-25(37-3)26(16-24)38-4/h5-17,20H,18-19H2,1-4H3,(H,30,34)(H,31,33)/b29-17-. The molecule has 2 amide bonds. The number of benzene rings is 3. The minimum Gasteiger partial charge on any atom is -0.493 e. The number of nitrogens with zero attached hydrogens (tertiary/aromatic N) is 2. The summed E-state index contributed by atoms with van der Waals surface area (Å²) in [6.45, 7) is 3.09. The van der Waals surface area contributed by atoms with Crippen molar-refractivity contribution in [1.29, 1.82) is 0 Å². The monoisotopic (exact) mass is 568 g/mol. The second-order valence-electron chi connectivity index (χ2n) is 8.74. The summed E-state index contributed by atoms with van der Waals surface area (Å²) in [6.07, 6.45) is 1.41. The van der Waals surface area contributed by atoms with E-state index in [9.17, 15) is 18.0 Å². The molecule has 11 nitrogen and oxygen atoms in total. The van der Waals surface area contributed by atoms with Crippen LogP contribution in [-0.2, 0) is 19.6 Å². The molecular weight excluding hydrogens is 536 g/mol. The molecule has 0 aliphatic carbocycles. The van der Waals surface area contributed by atoms with Crippen molar-refractivity contribution >= 4 is 33.7 Å². The molecule has 12 heteroatoms. The number of para-hydroxylation sites is 1. The molecule has 0 unspecified atom stereocenters. The van der Waals surface area contributed by atoms with E-state index in [1.165, 1.54) is 38.6 Å². The number of nitrogens with one attached hydrogen (secondary N) is 2. The van der Waals surface area contributed by atoms with Crippen molar-refractivity contribution in [2.75, 3.05) is 31.7 Å². The summed E-state index contributed by atoms with van der Waals surface area (Å²) in [7, 11) is -1.31. The van der Waals surface area contributed by atoms with Crippen molar-refractivity contribution in [2.24, 2.45) is 5.10 Å². The van der Waals surface area contributed by atoms with Gasteiger partial charge in [-0.3, -0.25) is 13.9 Å². The molecular formula is C28H32N4O7S. The van der Waals surface area contributed by atoms with E-state index in [-0.39, 0.29) is 29.2 Å². The van der Waals surface area contributed by atoms with Gasteiger partial charge in [0.2, 0.25) is 0 Å². The third kappa shape index (κ3) is 8.21. The van der Waals surface area contributed by atoms with E-state index in [1.807, 2.05) is 13.8 Å². The van der Waals surface area contributed by atoms with Crippen molar-refractivity contribution in [3.05, 3.63) is 78.4 Å². The fourth-order valence-electron chi connectivity index (χ4n) is 3.52. The third-order valence-corrected chi connectivity index (χ3v) is 7.15. The van der Waals surface area contributed by atoms with Crippen molar-refractivity contribution in [2.45, 2.75) is 24.8 Å². The van der Waals surface area contributed by atoms with Crippen LogP contribution in [0.3, 0.4) is 0 Å². The highest BCUT2D eigenvalue weighted by atomic mass is 32.2. The van der Waals surface area contributed by atoms with Crippen molar-refractivity contribution in [1.82, 2.24) is 10.7 Å². The predicted octanol–water partition coefficient (Wildman–Crippen LogP) is 2.95. The maximum absolute atomic E-state index is 13.6. The molecule has 0 saturated heterocycles. The molecule has 2 N–H and O–H groups in total. The van der Waals surface area contributed by atoms with Gasteiger partial charge in [-0.1, -0.05) is 18.2 Å². The van der Waals surface area contributed by atoms with Gasteiger partial charge >= 0.3 is 0 Å². The quantitative estimate of drug-likeness (QED) is 0.239. The van der Waals surface area contributed by atoms with Crippen molar-refractivity contribution < 1.29 is 32.2 Å². The number of amides is 2. The fraction of sp³-hybridized carbons (Fsp3) is 0.250. The first-order valence-corrected chi connectivity index (χ1v) is 13.7. The third-order valence-electron chi connectivity index (χ3n) is 5.38. The van der Waals surface area contributed by atoms with Crippen LogP contribution >= 0.6 is 0 Å². The van der Waals surface area contributed by atoms with Gasteiger partial charge in [0, 0.05) is 12.1 Å². The van der Waals surface area contributed by atoms with Gasteiger partial charge in [0.25, 0.3) is 21.8 Å². The van der Waals surface area contributed by atoms with E-state index < -0.39 is 22.5 Å². The van der Waals surface area contributed by atoms with Gasteiger partial charge < -0.3 is 19.5 Å². The van der Waals surface area contributed by atoms with E-state index in [0.29, 0.717) is 22.7 Å². The lowest BCUT2D eigenvalue weighted by Gasteiger charge is -2.24. The second-order valence-corrected chi connectivity index (χ2v) is 10.6. The first-order valence-electron chi connectivity index (χ1n) is 12.3. The number of carbonyl (C=O) groups is 2. The van der Waals surface area contributed by atoms with Crippen LogP contribution in [0, 0.1) is 0 Å². The normalized spacial score (nSPS) is 11.2. The van der Waals surface area contributed by atoms with Crippen LogP contribution in [0.5, 0.6) is 17.2 Å². The first kappa shape index (κ1) is 30.0. The lowest BCUT2D eigenvalue weighted by Crippen LogP contribution is -2.39. The van der Waals surface area contributed by atoms with Crippen LogP contribution in [0.25, 0.3) is 0 Å². The van der Waals surface area contributed by atoms with Gasteiger partial charge in [0.1, 0.15) is 12.3 Å². The number of hydrazone groups is 1. The second kappa shape index (κ2) is 14.0. The maximum atomic E-state index is 13.6. The predicted molar refractivity (Wildman–Crippen MR) is 151 cm³/mol. The van der Waals surface area contributed by atoms with Gasteiger partial charge in [-0.05, 0) is 67.9 Å². The van der Waals surface area contributed by atoms with Crippen LogP contribution in [-0.4, -0.2) is 59.9 Å². The molecule has 0 fully saturated rings. The smallest absolute Gasteiger partial charge is 0.264 e. The van der Waals surface area contributed by atoms with Gasteiger partial charge in [-0.25, -0.2) is 13.8 Å². The molecule has 0 aliphatic rings. The van der Waals surface area contributed by atoms with E-state index >= 15 is 0 Å². The highest BCUT2D eigenvalue weighted by Crippen LogP contribution is 2.32. The Morgan fingerprint density at radius 1 is 0.925 bits per heavy atom. The maximum Gasteiger partial charge on any atom is 0.264 e. The molecule has 0 spiro atoms. The summed E-state index contributed by atoms with van der Waals surface area (Å²) in [6, 6.07) is 19.2. The average molecular weight is 569 g/mol. The number of sulfonamides is 1. The topological polar surface area (TPSA) is 136 Å². The van der Waals surface area contributed by atoms with Crippen molar-refractivity contribution in [3.63, 3.8) is 0 Å². The molecule has 3 aromatic carbocycles. The fourth-order valence-corrected chi connectivity index (χ4v) is 4.96. The zero-order valence-corrected chi connectivity index (χ0v) is 23.5. The number of rotatable bonds is 13. The summed E-state index contributed by atoms with van der Waals surface area (Å²) in [5.41, 5.74) is 3.31. The Balaban J connectivity index is 1.69. The summed E-state index contributed by atoms with van der Waals surface area (Å²) in [5.74, 6) is 0.233. The summed E-state index contributed by atoms with van der Waals surface area (Å²) in [4.78, 5) is 24.4. The number of hydrogen-bond acceptors (Lipinski definition) is 8. The SMILES string of the molecule is COc1ccc(S(=O)(=O)N(CC(=O)N/N=C\c2ccc(OCC(=O)NC(C)C)cc2)c2ccccc2)cc1OC. The van der Waals surface area contributed by atoms with Gasteiger partial charge in [-0.2, -0.15) is 5.10 Å². The van der Waals surface area contributed by atoms with Crippen molar-refractivity contribution in [3.8, 4) is 17.2 Å². The Morgan fingerprint density at radius 3 is 2.23 bits per heavy atom. The Morgan fingerprint density at radius 2 is 1.60 bits per heavy atom. The molecule has 3 rings (SSSR count). The minimum atomic E-state index is -4.16. The molecule has 0 atom stereocenters. The number of anilines is 1. The molecule has 212 valence electrons. The van der Waals surface area contributed by atoms with Crippen LogP contribution < -0.4 is 29.3 Å². The van der Waals surface area contributed by atoms with Crippen LogP contribution in [0.2, 0.25) is 0 Å². The molecule has 0 bridgehead atoms. The first-order chi connectivity index (χ1) is 19.1. The van der Waals surface area contributed by atoms with E-state index in [1.54, 1.807) is 54.6 Å². The summed E-state index contributed by atoms with van der Waals surface area (Å²) < 4.78 is 44.0. The number of hydrogen-bond donors (Lipinski definition) is 2. The van der Waals surface area contributed by atoms with Crippen LogP contribution in [0.1, 0.15) is 19.4 Å². The number of ether oxygens (including phenoxy) is 3. The van der Waals surface area contributed by atoms with Crippen LogP contribution in [0.4, 0.5) is 5.69 Å². The van der Waals surface area contributed by atoms with Gasteiger partial charge in [0.05, 0.1) is 31.0 Å². The molecule has 0 heterocycles. The minimum absolute atomic E-state index is 0.0238. The Bertz CT molecular complexity index is 1430. The van der Waals surface area contributed by atoms with Crippen LogP contribution in [0.15, 0.2) is 82.8 Å². The lowest BCUT2D eigenvalue weighted by atomic mass is 10.2. The summed E-state index contributed by atoms with van der Waals surface area (Å²) in [5, 5.41) is 6.68. The molecule has 0 radical (unpaired) electrons. The zero-order valence-electron chi connectivity index (χ0n) is 22.7. The Kier molecular flexibility index (Phi) is 10.5. The molecule has 0 saturated carbocycles. The average Bonchev–Trinajstić information content (AvgIpc) is 2.95. The van der Waals surface area contributed by atoms with E-state index in [0.717, 1.165) is 4.31 Å².